The van der Waals surface area contributed by atoms with E-state index in [0.717, 1.165) is 5.92 Å². The molecular weight excluding hydrogens is 156 g/mol. The van der Waals surface area contributed by atoms with Crippen LogP contribution >= 0.6 is 0 Å². The maximum Gasteiger partial charge on any atom is -0.0272 e. The van der Waals surface area contributed by atoms with E-state index in [9.17, 15) is 0 Å². The maximum absolute atomic E-state index is 2.36. The average molecular weight is 181 g/mol. The van der Waals surface area contributed by atoms with Gasteiger partial charge in [-0.05, 0) is 31.1 Å². The fourth-order valence-corrected chi connectivity index (χ4v) is 2.34. The summed E-state index contributed by atoms with van der Waals surface area (Å²) >= 11 is 0. The molecule has 0 bridgehead atoms. The summed E-state index contributed by atoms with van der Waals surface area (Å²) in [6, 6.07) is 0. The van der Waals surface area contributed by atoms with Gasteiger partial charge in [0.2, 0.25) is 0 Å². The van der Waals surface area contributed by atoms with Gasteiger partial charge in [0, 0.05) is 0 Å². The fourth-order valence-electron chi connectivity index (χ4n) is 2.34. The molecule has 0 heteroatoms. The van der Waals surface area contributed by atoms with Gasteiger partial charge in [0.05, 0.1) is 0 Å². The van der Waals surface area contributed by atoms with E-state index in [1.165, 1.54) is 57.8 Å². The summed E-state index contributed by atoms with van der Waals surface area (Å²) in [5.41, 5.74) is 0. The van der Waals surface area contributed by atoms with Crippen LogP contribution in [0.5, 0.6) is 0 Å². The minimum atomic E-state index is 1.02. The van der Waals surface area contributed by atoms with Gasteiger partial charge in [0.1, 0.15) is 0 Å². The van der Waals surface area contributed by atoms with Crippen molar-refractivity contribution in [3.8, 4) is 0 Å². The molecule has 0 saturated heterocycles. The first-order valence-corrected chi connectivity index (χ1v) is 6.14. The molecule has 0 spiro atoms. The molecule has 0 heterocycles. The Hall–Kier alpha value is 0. The Morgan fingerprint density at radius 1 is 1.00 bits per heavy atom. The van der Waals surface area contributed by atoms with Crippen LogP contribution in [0.1, 0.15) is 71.6 Å². The summed E-state index contributed by atoms with van der Waals surface area (Å²) in [5, 5.41) is 0. The Morgan fingerprint density at radius 2 is 1.77 bits per heavy atom. The number of hydrogen-bond acceptors (Lipinski definition) is 0. The van der Waals surface area contributed by atoms with Crippen LogP contribution in [0.15, 0.2) is 0 Å². The van der Waals surface area contributed by atoms with Gasteiger partial charge in [-0.25, -0.2) is 0 Å². The molecule has 1 saturated carbocycles. The molecule has 1 aliphatic rings. The van der Waals surface area contributed by atoms with Gasteiger partial charge in [-0.15, -0.1) is 0 Å². The molecule has 0 aromatic heterocycles. The minimum absolute atomic E-state index is 1.02. The lowest BCUT2D eigenvalue weighted by Crippen LogP contribution is -2.04. The summed E-state index contributed by atoms with van der Waals surface area (Å²) in [6.45, 7) is 4.71. The van der Waals surface area contributed by atoms with Crippen LogP contribution in [0.25, 0.3) is 0 Å². The molecular formula is C13H25. The van der Waals surface area contributed by atoms with Crippen LogP contribution in [0.4, 0.5) is 0 Å². The van der Waals surface area contributed by atoms with E-state index in [4.69, 9.17) is 0 Å². The largest absolute Gasteiger partial charge is 0.0651 e. The summed E-state index contributed by atoms with van der Waals surface area (Å²) in [5.74, 6) is 2.77. The van der Waals surface area contributed by atoms with Crippen molar-refractivity contribution >= 4 is 0 Å². The Balaban J connectivity index is 2.27. The van der Waals surface area contributed by atoms with Crippen LogP contribution in [0.2, 0.25) is 0 Å². The third kappa shape index (κ3) is 4.69. The van der Waals surface area contributed by atoms with E-state index in [-0.39, 0.29) is 0 Å². The fraction of sp³-hybridized carbons (Fsp3) is 0.923. The van der Waals surface area contributed by atoms with Gasteiger partial charge in [-0.3, -0.25) is 0 Å². The standard InChI is InChI=1S/C13H25/c1-3-13-9-7-5-4-6-8-12(2)10-11-13/h13H,3-11H2,1-2H3. The highest BCUT2D eigenvalue weighted by Gasteiger charge is 2.11. The topological polar surface area (TPSA) is 0 Å². The predicted molar refractivity (Wildman–Crippen MR) is 59.6 cm³/mol. The van der Waals surface area contributed by atoms with E-state index in [0.29, 0.717) is 0 Å². The molecule has 1 rings (SSSR count). The molecule has 0 aliphatic heterocycles. The van der Waals surface area contributed by atoms with Crippen LogP contribution in [0.3, 0.4) is 0 Å². The first kappa shape index (κ1) is 11.1. The molecule has 0 aromatic rings. The van der Waals surface area contributed by atoms with Gasteiger partial charge < -0.3 is 0 Å². The van der Waals surface area contributed by atoms with Gasteiger partial charge in [0.25, 0.3) is 0 Å². The molecule has 77 valence electrons. The van der Waals surface area contributed by atoms with Gasteiger partial charge in [0.15, 0.2) is 0 Å². The first-order valence-electron chi connectivity index (χ1n) is 6.14. The smallest absolute Gasteiger partial charge is 0.0272 e. The van der Waals surface area contributed by atoms with Gasteiger partial charge >= 0.3 is 0 Å². The lowest BCUT2D eigenvalue weighted by molar-refractivity contribution is 0.390. The van der Waals surface area contributed by atoms with Crippen molar-refractivity contribution in [2.75, 3.05) is 0 Å². The second-order valence-corrected chi connectivity index (χ2v) is 4.72. The zero-order valence-electron chi connectivity index (χ0n) is 9.44. The van der Waals surface area contributed by atoms with E-state index < -0.39 is 0 Å². The molecule has 1 radical (unpaired) electrons. The van der Waals surface area contributed by atoms with Crippen molar-refractivity contribution in [3.05, 3.63) is 5.92 Å². The van der Waals surface area contributed by atoms with Gasteiger partial charge in [-0.2, -0.15) is 0 Å². The highest BCUT2D eigenvalue weighted by atomic mass is 14.2. The van der Waals surface area contributed by atoms with Crippen LogP contribution in [-0.2, 0) is 0 Å². The maximum atomic E-state index is 2.36. The van der Waals surface area contributed by atoms with E-state index in [1.807, 2.05) is 0 Å². The van der Waals surface area contributed by atoms with E-state index >= 15 is 0 Å². The molecule has 1 fully saturated rings. The molecule has 0 N–H and O–H groups in total. The quantitative estimate of drug-likeness (QED) is 0.548. The Bertz CT molecular complexity index is 117. The van der Waals surface area contributed by atoms with Crippen molar-refractivity contribution in [1.82, 2.24) is 0 Å². The first-order chi connectivity index (χ1) is 6.33. The van der Waals surface area contributed by atoms with E-state index in [1.54, 1.807) is 5.92 Å². The molecule has 1 aliphatic carbocycles. The summed E-state index contributed by atoms with van der Waals surface area (Å²) in [4.78, 5) is 0. The zero-order chi connectivity index (χ0) is 9.52. The predicted octanol–water partition coefficient (Wildman–Crippen LogP) is 4.74. The highest BCUT2D eigenvalue weighted by molar-refractivity contribution is 4.84. The van der Waals surface area contributed by atoms with E-state index in [2.05, 4.69) is 13.8 Å². The normalized spacial score (nSPS) is 28.6. The highest BCUT2D eigenvalue weighted by Crippen LogP contribution is 2.27. The van der Waals surface area contributed by atoms with Crippen molar-refractivity contribution in [3.63, 3.8) is 0 Å². The molecule has 13 heavy (non-hydrogen) atoms. The molecule has 1 unspecified atom stereocenters. The second kappa shape index (κ2) is 6.45. The van der Waals surface area contributed by atoms with Crippen molar-refractivity contribution in [2.45, 2.75) is 71.6 Å². The van der Waals surface area contributed by atoms with Gasteiger partial charge in [-0.1, -0.05) is 52.4 Å². The number of rotatable bonds is 1. The van der Waals surface area contributed by atoms with Crippen LogP contribution < -0.4 is 0 Å². The molecule has 0 nitrogen and oxygen atoms in total. The summed E-state index contributed by atoms with van der Waals surface area (Å²) in [7, 11) is 0. The third-order valence-corrected chi connectivity index (χ3v) is 3.52. The zero-order valence-corrected chi connectivity index (χ0v) is 9.44. The lowest BCUT2D eigenvalue weighted by Gasteiger charge is -2.19. The van der Waals surface area contributed by atoms with Crippen molar-refractivity contribution < 1.29 is 0 Å². The Morgan fingerprint density at radius 3 is 2.54 bits per heavy atom. The lowest BCUT2D eigenvalue weighted by atomic mass is 9.87. The minimum Gasteiger partial charge on any atom is -0.0651 e. The Labute approximate surface area is 84.1 Å². The number of hydrogen-bond donors (Lipinski definition) is 0. The SMILES string of the molecule is CCC1CCCCCC[C](C)CC1. The monoisotopic (exact) mass is 181 g/mol. The Kier molecular flexibility index (Phi) is 5.50. The van der Waals surface area contributed by atoms with Crippen LogP contribution in [0, 0.1) is 11.8 Å². The summed E-state index contributed by atoms with van der Waals surface area (Å²) in [6.07, 6.45) is 13.0. The third-order valence-electron chi connectivity index (χ3n) is 3.52. The molecule has 0 amide bonds. The summed E-state index contributed by atoms with van der Waals surface area (Å²) < 4.78 is 0. The van der Waals surface area contributed by atoms with Crippen molar-refractivity contribution in [1.29, 1.82) is 0 Å². The molecule has 0 aromatic carbocycles. The average Bonchev–Trinajstić information content (AvgIpc) is 2.16. The van der Waals surface area contributed by atoms with Crippen molar-refractivity contribution in [2.24, 2.45) is 5.92 Å². The van der Waals surface area contributed by atoms with Crippen LogP contribution in [-0.4, -0.2) is 0 Å². The second-order valence-electron chi connectivity index (χ2n) is 4.72. The molecule has 1 atom stereocenters.